The van der Waals surface area contributed by atoms with Crippen LogP contribution < -0.4 is 0 Å². The minimum absolute atomic E-state index is 0.648. The Labute approximate surface area is 117 Å². The zero-order chi connectivity index (χ0) is 13.2. The number of hydrogen-bond acceptors (Lipinski definition) is 2. The summed E-state index contributed by atoms with van der Waals surface area (Å²) in [7, 11) is 2.15. The molecule has 1 atom stereocenters. The average Bonchev–Trinajstić information content (AvgIpc) is 2.79. The van der Waals surface area contributed by atoms with Gasteiger partial charge < -0.3 is 4.57 Å². The van der Waals surface area contributed by atoms with Gasteiger partial charge in [0.1, 0.15) is 5.82 Å². The zero-order valence-electron chi connectivity index (χ0n) is 12.4. The maximum Gasteiger partial charge on any atom is 0.113 e. The van der Waals surface area contributed by atoms with E-state index < -0.39 is 0 Å². The maximum atomic E-state index is 4.75. The van der Waals surface area contributed by atoms with Crippen LogP contribution in [0.2, 0.25) is 0 Å². The van der Waals surface area contributed by atoms with Crippen LogP contribution in [0.1, 0.15) is 62.4 Å². The van der Waals surface area contributed by atoms with E-state index in [9.17, 15) is 0 Å². The lowest BCUT2D eigenvalue weighted by Gasteiger charge is -2.39. The van der Waals surface area contributed by atoms with E-state index in [0.29, 0.717) is 5.92 Å². The second-order valence-corrected chi connectivity index (χ2v) is 6.48. The van der Waals surface area contributed by atoms with Crippen molar-refractivity contribution in [2.45, 2.75) is 63.8 Å². The molecular formula is C16H27N3. The van der Waals surface area contributed by atoms with E-state index in [2.05, 4.69) is 29.6 Å². The van der Waals surface area contributed by atoms with Gasteiger partial charge in [0, 0.05) is 31.7 Å². The number of nitrogens with zero attached hydrogens (tertiary/aromatic N) is 3. The molecule has 3 nitrogen and oxygen atoms in total. The van der Waals surface area contributed by atoms with Gasteiger partial charge in [-0.15, -0.1) is 0 Å². The fourth-order valence-electron chi connectivity index (χ4n) is 4.01. The van der Waals surface area contributed by atoms with Gasteiger partial charge >= 0.3 is 0 Å². The standard InChI is InChI=1S/C16H27N3/c1-13-11-18(2)16(17-13)14-7-6-10-19(12-14)15-8-4-3-5-9-15/h11,14-15H,3-10,12H2,1-2H3. The summed E-state index contributed by atoms with van der Waals surface area (Å²) in [5.41, 5.74) is 1.16. The number of aromatic nitrogens is 2. The van der Waals surface area contributed by atoms with Gasteiger partial charge in [-0.05, 0) is 39.2 Å². The fourth-order valence-corrected chi connectivity index (χ4v) is 4.01. The minimum atomic E-state index is 0.648. The van der Waals surface area contributed by atoms with Crippen molar-refractivity contribution in [3.63, 3.8) is 0 Å². The summed E-state index contributed by atoms with van der Waals surface area (Å²) in [5.74, 6) is 1.95. The molecule has 0 N–H and O–H groups in total. The van der Waals surface area contributed by atoms with Gasteiger partial charge in [0.15, 0.2) is 0 Å². The van der Waals surface area contributed by atoms with Crippen LogP contribution in [0.4, 0.5) is 0 Å². The van der Waals surface area contributed by atoms with E-state index in [-0.39, 0.29) is 0 Å². The molecule has 19 heavy (non-hydrogen) atoms. The number of imidazole rings is 1. The van der Waals surface area contributed by atoms with Crippen LogP contribution >= 0.6 is 0 Å². The highest BCUT2D eigenvalue weighted by atomic mass is 15.2. The van der Waals surface area contributed by atoms with E-state index in [1.807, 2.05) is 0 Å². The molecule has 1 aliphatic carbocycles. The van der Waals surface area contributed by atoms with Crippen molar-refractivity contribution in [1.82, 2.24) is 14.5 Å². The van der Waals surface area contributed by atoms with Crippen molar-refractivity contribution < 1.29 is 0 Å². The van der Waals surface area contributed by atoms with Crippen molar-refractivity contribution in [2.24, 2.45) is 7.05 Å². The summed E-state index contributed by atoms with van der Waals surface area (Å²) >= 11 is 0. The minimum Gasteiger partial charge on any atom is -0.337 e. The maximum absolute atomic E-state index is 4.75. The smallest absolute Gasteiger partial charge is 0.113 e. The highest BCUT2D eigenvalue weighted by molar-refractivity contribution is 5.08. The van der Waals surface area contributed by atoms with Crippen molar-refractivity contribution in [2.75, 3.05) is 13.1 Å². The van der Waals surface area contributed by atoms with Crippen LogP contribution in [0.3, 0.4) is 0 Å². The van der Waals surface area contributed by atoms with Crippen LogP contribution in [0, 0.1) is 6.92 Å². The molecule has 2 fully saturated rings. The first kappa shape index (κ1) is 13.2. The largest absolute Gasteiger partial charge is 0.337 e. The number of likely N-dealkylation sites (tertiary alicyclic amines) is 1. The molecule has 3 rings (SSSR count). The van der Waals surface area contributed by atoms with Crippen molar-refractivity contribution in [1.29, 1.82) is 0 Å². The lowest BCUT2D eigenvalue weighted by molar-refractivity contribution is 0.116. The summed E-state index contributed by atoms with van der Waals surface area (Å²) in [5, 5.41) is 0. The quantitative estimate of drug-likeness (QED) is 0.815. The Bertz CT molecular complexity index is 418. The van der Waals surface area contributed by atoms with Crippen LogP contribution in [0.25, 0.3) is 0 Å². The van der Waals surface area contributed by atoms with Crippen LogP contribution in [0.5, 0.6) is 0 Å². The summed E-state index contributed by atoms with van der Waals surface area (Å²) < 4.78 is 2.24. The molecule has 2 heterocycles. The molecule has 1 saturated heterocycles. The Hall–Kier alpha value is -0.830. The summed E-state index contributed by atoms with van der Waals surface area (Å²) in [4.78, 5) is 7.51. The Kier molecular flexibility index (Phi) is 3.92. The van der Waals surface area contributed by atoms with Gasteiger partial charge in [-0.1, -0.05) is 19.3 Å². The van der Waals surface area contributed by atoms with Gasteiger partial charge in [-0.2, -0.15) is 0 Å². The second kappa shape index (κ2) is 5.66. The number of piperidine rings is 1. The third kappa shape index (κ3) is 2.86. The molecule has 1 aromatic rings. The molecular weight excluding hydrogens is 234 g/mol. The molecule has 0 radical (unpaired) electrons. The van der Waals surface area contributed by atoms with Crippen LogP contribution in [0.15, 0.2) is 6.20 Å². The fraction of sp³-hybridized carbons (Fsp3) is 0.812. The van der Waals surface area contributed by atoms with E-state index in [1.165, 1.54) is 63.9 Å². The van der Waals surface area contributed by atoms with Gasteiger partial charge in [0.25, 0.3) is 0 Å². The predicted molar refractivity (Wildman–Crippen MR) is 78.4 cm³/mol. The molecule has 2 aliphatic rings. The number of aryl methyl sites for hydroxylation is 2. The van der Waals surface area contributed by atoms with Crippen LogP contribution in [-0.4, -0.2) is 33.6 Å². The van der Waals surface area contributed by atoms with Gasteiger partial charge in [0.05, 0.1) is 5.69 Å². The van der Waals surface area contributed by atoms with E-state index in [0.717, 1.165) is 11.7 Å². The molecule has 3 heteroatoms. The zero-order valence-corrected chi connectivity index (χ0v) is 12.4. The monoisotopic (exact) mass is 261 g/mol. The lowest BCUT2D eigenvalue weighted by atomic mass is 9.90. The lowest BCUT2D eigenvalue weighted by Crippen LogP contribution is -2.43. The topological polar surface area (TPSA) is 21.1 Å². The van der Waals surface area contributed by atoms with Gasteiger partial charge in [-0.25, -0.2) is 4.98 Å². The first-order valence-corrected chi connectivity index (χ1v) is 7.98. The first-order chi connectivity index (χ1) is 9.24. The molecule has 1 unspecified atom stereocenters. The highest BCUT2D eigenvalue weighted by Crippen LogP contribution is 2.31. The third-order valence-corrected chi connectivity index (χ3v) is 4.94. The molecule has 1 aliphatic heterocycles. The molecule has 106 valence electrons. The van der Waals surface area contributed by atoms with Crippen molar-refractivity contribution in [3.8, 4) is 0 Å². The molecule has 0 aromatic carbocycles. The summed E-state index contributed by atoms with van der Waals surface area (Å²) in [6, 6.07) is 0.859. The number of rotatable bonds is 2. The third-order valence-electron chi connectivity index (χ3n) is 4.94. The highest BCUT2D eigenvalue weighted by Gasteiger charge is 2.29. The normalized spacial score (nSPS) is 26.7. The summed E-state index contributed by atoms with van der Waals surface area (Å²) in [6.45, 7) is 4.64. The molecule has 0 spiro atoms. The first-order valence-electron chi connectivity index (χ1n) is 7.98. The van der Waals surface area contributed by atoms with Crippen LogP contribution in [-0.2, 0) is 7.05 Å². The van der Waals surface area contributed by atoms with Gasteiger partial charge in [0.2, 0.25) is 0 Å². The Morgan fingerprint density at radius 1 is 1.11 bits per heavy atom. The van der Waals surface area contributed by atoms with Crippen molar-refractivity contribution in [3.05, 3.63) is 17.7 Å². The Morgan fingerprint density at radius 2 is 1.89 bits per heavy atom. The molecule has 1 saturated carbocycles. The summed E-state index contributed by atoms with van der Waals surface area (Å²) in [6.07, 6.45) is 12.0. The SMILES string of the molecule is Cc1cn(C)c(C2CCCN(C3CCCCC3)C2)n1. The van der Waals surface area contributed by atoms with Crippen molar-refractivity contribution >= 4 is 0 Å². The van der Waals surface area contributed by atoms with Gasteiger partial charge in [-0.3, -0.25) is 4.90 Å². The van der Waals surface area contributed by atoms with E-state index in [1.54, 1.807) is 0 Å². The number of hydrogen-bond donors (Lipinski definition) is 0. The molecule has 0 amide bonds. The Morgan fingerprint density at radius 3 is 2.58 bits per heavy atom. The Balaban J connectivity index is 1.69. The van der Waals surface area contributed by atoms with E-state index in [4.69, 9.17) is 4.98 Å². The predicted octanol–water partition coefficient (Wildman–Crippen LogP) is 3.24. The second-order valence-electron chi connectivity index (χ2n) is 6.48. The average molecular weight is 261 g/mol. The van der Waals surface area contributed by atoms with E-state index >= 15 is 0 Å². The molecule has 0 bridgehead atoms. The molecule has 1 aromatic heterocycles.